The molecule has 2 radical (unpaired) electrons. The molecule has 0 aliphatic heterocycles. The van der Waals surface area contributed by atoms with Gasteiger partial charge in [-0.3, -0.25) is 0 Å². The van der Waals surface area contributed by atoms with Gasteiger partial charge in [-0.2, -0.15) is 0 Å². The summed E-state index contributed by atoms with van der Waals surface area (Å²) in [7, 11) is 9.35. The van der Waals surface area contributed by atoms with Crippen LogP contribution in [0.2, 0.25) is 0 Å². The van der Waals surface area contributed by atoms with Gasteiger partial charge in [0.2, 0.25) is 0 Å². The zero-order chi connectivity index (χ0) is 11.8. The van der Waals surface area contributed by atoms with Crippen LogP contribution in [0.15, 0.2) is 18.2 Å². The summed E-state index contributed by atoms with van der Waals surface area (Å²) in [5.41, 5.74) is 0. The second-order valence-corrected chi connectivity index (χ2v) is 5.22. The second kappa shape index (κ2) is 7.82. The third-order valence-corrected chi connectivity index (χ3v) is 2.72. The molecule has 15 heavy (non-hydrogen) atoms. The molecule has 0 bridgehead atoms. The van der Waals surface area contributed by atoms with Crippen molar-refractivity contribution >= 4 is 26.1 Å². The molecule has 0 aliphatic rings. The van der Waals surface area contributed by atoms with Gasteiger partial charge >= 0.3 is 79.5 Å². The zero-order valence-electron chi connectivity index (χ0n) is 10.1. The molecule has 4 heteroatoms. The molecule has 0 aromatic heterocycles. The van der Waals surface area contributed by atoms with Crippen molar-refractivity contribution in [1.29, 1.82) is 0 Å². The van der Waals surface area contributed by atoms with Gasteiger partial charge in [0, 0.05) is 0 Å². The van der Waals surface area contributed by atoms with E-state index in [-0.39, 0.29) is 0 Å². The molecule has 0 amide bonds. The number of methoxy groups -OCH3 is 2. The quantitative estimate of drug-likeness (QED) is 0.738. The van der Waals surface area contributed by atoms with Crippen LogP contribution in [0.5, 0.6) is 11.5 Å². The van der Waals surface area contributed by atoms with Crippen molar-refractivity contribution in [3.8, 4) is 11.5 Å². The van der Waals surface area contributed by atoms with Crippen molar-refractivity contribution in [2.24, 2.45) is 0 Å². The summed E-state index contributed by atoms with van der Waals surface area (Å²) in [5.74, 6) is 1.85. The van der Waals surface area contributed by atoms with Crippen molar-refractivity contribution in [1.82, 2.24) is 4.90 Å². The van der Waals surface area contributed by atoms with Crippen molar-refractivity contribution < 1.29 is 9.47 Å². The molecular formula is C11H19NO2Sn. The number of ether oxygens (including phenoxy) is 2. The van der Waals surface area contributed by atoms with Crippen LogP contribution < -0.4 is 13.1 Å². The van der Waals surface area contributed by atoms with Crippen LogP contribution in [0.4, 0.5) is 0 Å². The van der Waals surface area contributed by atoms with Crippen LogP contribution in [-0.2, 0) is 0 Å². The molecule has 0 N–H and O–H groups in total. The van der Waals surface area contributed by atoms with Crippen LogP contribution >= 0.6 is 0 Å². The number of hydrogen-bond donors (Lipinski definition) is 0. The first-order valence-corrected chi connectivity index (χ1v) is 6.24. The SMILES string of the molecule is CN(C)C.COc1ccc(OC)[c]([SnH])c1. The predicted molar refractivity (Wildman–Crippen MR) is 65.9 cm³/mol. The van der Waals surface area contributed by atoms with E-state index >= 15 is 0 Å². The summed E-state index contributed by atoms with van der Waals surface area (Å²) in [5, 5.41) is 0. The predicted octanol–water partition coefficient (Wildman–Crippen LogP) is 0.408. The molecule has 0 unspecified atom stereocenters. The number of hydrogen-bond acceptors (Lipinski definition) is 3. The van der Waals surface area contributed by atoms with E-state index in [9.17, 15) is 0 Å². The Labute approximate surface area is 105 Å². The van der Waals surface area contributed by atoms with Crippen LogP contribution in [0, 0.1) is 0 Å². The second-order valence-electron chi connectivity index (χ2n) is 3.45. The fourth-order valence-electron chi connectivity index (χ4n) is 0.839. The van der Waals surface area contributed by atoms with Gasteiger partial charge in [0.05, 0.1) is 0 Å². The zero-order valence-corrected chi connectivity index (χ0v) is 13.4. The van der Waals surface area contributed by atoms with Gasteiger partial charge in [-0.1, -0.05) is 0 Å². The van der Waals surface area contributed by atoms with Crippen molar-refractivity contribution in [2.45, 2.75) is 0 Å². The Hall–Kier alpha value is -0.421. The third-order valence-electron chi connectivity index (χ3n) is 1.44. The maximum atomic E-state index is 5.12. The average Bonchev–Trinajstić information content (AvgIpc) is 2.16. The maximum absolute atomic E-state index is 5.12. The first-order chi connectivity index (χ1) is 7.01. The van der Waals surface area contributed by atoms with E-state index in [1.165, 1.54) is 3.58 Å². The first-order valence-electron chi connectivity index (χ1n) is 4.59. The molecule has 3 nitrogen and oxygen atoms in total. The fraction of sp³-hybridized carbons (Fsp3) is 0.455. The molecule has 0 saturated carbocycles. The molecule has 1 aromatic carbocycles. The molecule has 0 aliphatic carbocycles. The summed E-state index contributed by atoms with van der Waals surface area (Å²) in [6.07, 6.45) is 0. The summed E-state index contributed by atoms with van der Waals surface area (Å²) in [6.45, 7) is 0. The van der Waals surface area contributed by atoms with E-state index < -0.39 is 0 Å². The van der Waals surface area contributed by atoms with E-state index in [0.717, 1.165) is 34.0 Å². The van der Waals surface area contributed by atoms with E-state index in [4.69, 9.17) is 9.47 Å². The summed E-state index contributed by atoms with van der Waals surface area (Å²) >= 11 is 1.05. The Morgan fingerprint density at radius 2 is 1.60 bits per heavy atom. The molecule has 84 valence electrons. The molecule has 1 aromatic rings. The number of rotatable bonds is 2. The average molecular weight is 316 g/mol. The first kappa shape index (κ1) is 14.6. The third kappa shape index (κ3) is 6.62. The molecule has 0 saturated heterocycles. The van der Waals surface area contributed by atoms with Gasteiger partial charge in [-0.25, -0.2) is 0 Å². The summed E-state index contributed by atoms with van der Waals surface area (Å²) < 4.78 is 11.4. The Kier molecular flexibility index (Phi) is 7.60. The van der Waals surface area contributed by atoms with E-state index in [1.54, 1.807) is 14.2 Å². The van der Waals surface area contributed by atoms with Crippen LogP contribution in [0.25, 0.3) is 0 Å². The van der Waals surface area contributed by atoms with Gasteiger partial charge in [-0.15, -0.1) is 0 Å². The van der Waals surface area contributed by atoms with E-state index in [2.05, 4.69) is 0 Å². The van der Waals surface area contributed by atoms with Gasteiger partial charge in [-0.05, 0) is 21.1 Å². The number of nitrogens with zero attached hydrogens (tertiary/aromatic N) is 1. The minimum absolute atomic E-state index is 0.897. The van der Waals surface area contributed by atoms with Crippen molar-refractivity contribution in [2.75, 3.05) is 35.4 Å². The Morgan fingerprint density at radius 1 is 1.07 bits per heavy atom. The Bertz CT molecular complexity index is 287. The molecule has 1 rings (SSSR count). The van der Waals surface area contributed by atoms with Crippen LogP contribution in [0.3, 0.4) is 0 Å². The molecule has 0 atom stereocenters. The van der Waals surface area contributed by atoms with E-state index in [1.807, 2.05) is 44.2 Å². The van der Waals surface area contributed by atoms with Gasteiger partial charge in [0.25, 0.3) is 0 Å². The molecular weight excluding hydrogens is 297 g/mol. The normalized spacial score (nSPS) is 9.27. The van der Waals surface area contributed by atoms with Gasteiger partial charge in [0.1, 0.15) is 0 Å². The van der Waals surface area contributed by atoms with E-state index in [0.29, 0.717) is 0 Å². The Balaban J connectivity index is 0.000000423. The van der Waals surface area contributed by atoms with Crippen molar-refractivity contribution in [3.63, 3.8) is 0 Å². The molecule has 0 spiro atoms. The standard InChI is InChI=1S/C8H9O2.C3H9N.Sn.H/c1-9-7-3-5-8(10-2)6-4-7;1-4(2)3;;/h3-5H,1-2H3;1-3H3;;. The monoisotopic (exact) mass is 317 g/mol. The fourth-order valence-corrected chi connectivity index (χ4v) is 1.92. The summed E-state index contributed by atoms with van der Waals surface area (Å²) in [6, 6.07) is 5.83. The minimum atomic E-state index is 0.897. The topological polar surface area (TPSA) is 21.7 Å². The number of benzene rings is 1. The molecule has 0 heterocycles. The Morgan fingerprint density at radius 3 is 1.93 bits per heavy atom. The molecule has 0 fully saturated rings. The summed E-state index contributed by atoms with van der Waals surface area (Å²) in [4.78, 5) is 2.00. The van der Waals surface area contributed by atoms with Gasteiger partial charge < -0.3 is 4.90 Å². The van der Waals surface area contributed by atoms with Crippen molar-refractivity contribution in [3.05, 3.63) is 18.2 Å². The van der Waals surface area contributed by atoms with Crippen LogP contribution in [0.1, 0.15) is 0 Å². The van der Waals surface area contributed by atoms with Gasteiger partial charge in [0.15, 0.2) is 0 Å². The van der Waals surface area contributed by atoms with Crippen LogP contribution in [-0.4, -0.2) is 62.8 Å².